The van der Waals surface area contributed by atoms with E-state index in [4.69, 9.17) is 5.73 Å². The normalized spacial score (nSPS) is 10.8. The van der Waals surface area contributed by atoms with Gasteiger partial charge in [-0.3, -0.25) is 0 Å². The van der Waals surface area contributed by atoms with Crippen LogP contribution in [0.25, 0.3) is 0 Å². The molecule has 0 saturated carbocycles. The summed E-state index contributed by atoms with van der Waals surface area (Å²) in [4.78, 5) is 1.69. The lowest BCUT2D eigenvalue weighted by molar-refractivity contribution is 0.152. The molecule has 2 aromatic rings. The fraction of sp³-hybridized carbons (Fsp3) is 0.200. The molecule has 106 valence electrons. The zero-order valence-electron chi connectivity index (χ0n) is 11.0. The quantitative estimate of drug-likeness (QED) is 0.858. The van der Waals surface area contributed by atoms with Crippen LogP contribution in [0.15, 0.2) is 42.5 Å². The Bertz CT molecular complexity index is 582. The van der Waals surface area contributed by atoms with Crippen LogP contribution in [-0.2, 0) is 6.54 Å². The van der Waals surface area contributed by atoms with Crippen molar-refractivity contribution < 1.29 is 13.2 Å². The van der Waals surface area contributed by atoms with Crippen molar-refractivity contribution in [2.75, 3.05) is 17.7 Å². The standard InChI is InChI=1S/C15H15F3N2/c1-20(9-10-2-4-11(16)5-3-10)14-7-6-12(19)8-13(14)15(17)18/h2-8,15H,9,19H2,1H3. The molecule has 2 aromatic carbocycles. The van der Waals surface area contributed by atoms with Crippen molar-refractivity contribution in [1.29, 1.82) is 0 Å². The Kier molecular flexibility index (Phi) is 4.17. The van der Waals surface area contributed by atoms with Gasteiger partial charge in [0.05, 0.1) is 0 Å². The van der Waals surface area contributed by atoms with Gasteiger partial charge < -0.3 is 10.6 Å². The molecule has 0 unspecified atom stereocenters. The van der Waals surface area contributed by atoms with Crippen LogP contribution in [0.3, 0.4) is 0 Å². The van der Waals surface area contributed by atoms with E-state index in [9.17, 15) is 13.2 Å². The average Bonchev–Trinajstić information content (AvgIpc) is 2.41. The number of hydrogen-bond acceptors (Lipinski definition) is 2. The molecule has 0 bridgehead atoms. The molecule has 20 heavy (non-hydrogen) atoms. The molecule has 0 aliphatic heterocycles. The van der Waals surface area contributed by atoms with Crippen molar-refractivity contribution in [2.45, 2.75) is 13.0 Å². The highest BCUT2D eigenvalue weighted by Gasteiger charge is 2.16. The van der Waals surface area contributed by atoms with Gasteiger partial charge in [-0.2, -0.15) is 0 Å². The number of nitrogens with zero attached hydrogens (tertiary/aromatic N) is 1. The van der Waals surface area contributed by atoms with Gasteiger partial charge in [0.15, 0.2) is 0 Å². The van der Waals surface area contributed by atoms with Crippen LogP contribution in [0.5, 0.6) is 0 Å². The molecule has 0 spiro atoms. The van der Waals surface area contributed by atoms with Gasteiger partial charge in [0.1, 0.15) is 5.82 Å². The van der Waals surface area contributed by atoms with Crippen LogP contribution in [0.4, 0.5) is 24.5 Å². The summed E-state index contributed by atoms with van der Waals surface area (Å²) in [5.41, 5.74) is 7.00. The van der Waals surface area contributed by atoms with Gasteiger partial charge in [-0.15, -0.1) is 0 Å². The van der Waals surface area contributed by atoms with Crippen LogP contribution in [0, 0.1) is 5.82 Å². The monoisotopic (exact) mass is 280 g/mol. The third-order valence-corrected chi connectivity index (χ3v) is 3.03. The van der Waals surface area contributed by atoms with Gasteiger partial charge in [0.25, 0.3) is 6.43 Å². The van der Waals surface area contributed by atoms with Crippen molar-refractivity contribution in [2.24, 2.45) is 0 Å². The molecule has 0 heterocycles. The Morgan fingerprint density at radius 1 is 1.10 bits per heavy atom. The van der Waals surface area contributed by atoms with Crippen molar-refractivity contribution >= 4 is 11.4 Å². The summed E-state index contributed by atoms with van der Waals surface area (Å²) < 4.78 is 38.9. The van der Waals surface area contributed by atoms with Crippen molar-refractivity contribution in [1.82, 2.24) is 0 Å². The van der Waals surface area contributed by atoms with Crippen LogP contribution in [0.1, 0.15) is 17.6 Å². The number of anilines is 2. The van der Waals surface area contributed by atoms with Gasteiger partial charge in [-0.1, -0.05) is 12.1 Å². The molecule has 2 rings (SSSR count). The summed E-state index contributed by atoms with van der Waals surface area (Å²) in [6, 6.07) is 10.4. The molecular formula is C15H15F3N2. The molecule has 2 nitrogen and oxygen atoms in total. The highest BCUT2D eigenvalue weighted by molar-refractivity contribution is 5.60. The maximum atomic E-state index is 13.0. The average molecular weight is 280 g/mol. The molecule has 5 heteroatoms. The lowest BCUT2D eigenvalue weighted by atomic mass is 10.1. The lowest BCUT2D eigenvalue weighted by Gasteiger charge is -2.22. The number of halogens is 3. The third kappa shape index (κ3) is 3.23. The van der Waals surface area contributed by atoms with E-state index >= 15 is 0 Å². The summed E-state index contributed by atoms with van der Waals surface area (Å²) in [7, 11) is 1.71. The van der Waals surface area contributed by atoms with Crippen molar-refractivity contribution in [3.05, 3.63) is 59.4 Å². The SMILES string of the molecule is CN(Cc1ccc(F)cc1)c1ccc(N)cc1C(F)F. The van der Waals surface area contributed by atoms with Crippen LogP contribution >= 0.6 is 0 Å². The van der Waals surface area contributed by atoms with Gasteiger partial charge in [-0.25, -0.2) is 13.2 Å². The predicted molar refractivity (Wildman–Crippen MR) is 74.3 cm³/mol. The molecule has 0 radical (unpaired) electrons. The number of nitrogen functional groups attached to an aromatic ring is 1. The fourth-order valence-corrected chi connectivity index (χ4v) is 2.04. The predicted octanol–water partition coefficient (Wildman–Crippen LogP) is 3.98. The molecule has 2 N–H and O–H groups in total. The Morgan fingerprint density at radius 3 is 2.35 bits per heavy atom. The molecular weight excluding hydrogens is 265 g/mol. The molecule has 0 fully saturated rings. The first-order valence-electron chi connectivity index (χ1n) is 6.10. The minimum absolute atomic E-state index is 0.102. The maximum Gasteiger partial charge on any atom is 0.265 e. The minimum atomic E-state index is -2.59. The van der Waals surface area contributed by atoms with Crippen LogP contribution < -0.4 is 10.6 Å². The van der Waals surface area contributed by atoms with E-state index in [2.05, 4.69) is 0 Å². The zero-order chi connectivity index (χ0) is 14.7. The minimum Gasteiger partial charge on any atom is -0.399 e. The van der Waals surface area contributed by atoms with Crippen molar-refractivity contribution in [3.8, 4) is 0 Å². The highest BCUT2D eigenvalue weighted by atomic mass is 19.3. The van der Waals surface area contributed by atoms with Crippen LogP contribution in [0.2, 0.25) is 0 Å². The summed E-state index contributed by atoms with van der Waals surface area (Å²) in [6.45, 7) is 0.407. The van der Waals surface area contributed by atoms with E-state index in [0.29, 0.717) is 17.9 Å². The summed E-state index contributed by atoms with van der Waals surface area (Å²) in [5.74, 6) is -0.322. The molecule has 0 aliphatic carbocycles. The second-order valence-corrected chi connectivity index (χ2v) is 4.60. The Hall–Kier alpha value is -2.17. The van der Waals surface area contributed by atoms with E-state index in [-0.39, 0.29) is 11.4 Å². The van der Waals surface area contributed by atoms with Crippen LogP contribution in [-0.4, -0.2) is 7.05 Å². The Morgan fingerprint density at radius 2 is 1.75 bits per heavy atom. The van der Waals surface area contributed by atoms with Crippen molar-refractivity contribution in [3.63, 3.8) is 0 Å². The number of nitrogens with two attached hydrogens (primary N) is 1. The van der Waals surface area contributed by atoms with Gasteiger partial charge >= 0.3 is 0 Å². The number of benzene rings is 2. The first-order chi connectivity index (χ1) is 9.47. The summed E-state index contributed by atoms with van der Waals surface area (Å²) >= 11 is 0. The molecule has 0 amide bonds. The lowest BCUT2D eigenvalue weighted by Crippen LogP contribution is -2.18. The van der Waals surface area contributed by atoms with E-state index in [1.165, 1.54) is 18.2 Å². The van der Waals surface area contributed by atoms with Gasteiger partial charge in [0, 0.05) is 30.5 Å². The molecule has 0 aromatic heterocycles. The molecule has 0 aliphatic rings. The summed E-state index contributed by atoms with van der Waals surface area (Å²) in [6.07, 6.45) is -2.59. The second-order valence-electron chi connectivity index (χ2n) is 4.60. The van der Waals surface area contributed by atoms with Gasteiger partial charge in [-0.05, 0) is 35.9 Å². The number of rotatable bonds is 4. The van der Waals surface area contributed by atoms with E-state index in [1.54, 1.807) is 36.2 Å². The largest absolute Gasteiger partial charge is 0.399 e. The fourth-order valence-electron chi connectivity index (χ4n) is 2.04. The van der Waals surface area contributed by atoms with E-state index in [1.807, 2.05) is 0 Å². The number of alkyl halides is 2. The highest BCUT2D eigenvalue weighted by Crippen LogP contribution is 2.31. The number of hydrogen-bond donors (Lipinski definition) is 1. The Labute approximate surface area is 115 Å². The van der Waals surface area contributed by atoms with E-state index < -0.39 is 6.43 Å². The molecule has 0 atom stereocenters. The Balaban J connectivity index is 2.24. The van der Waals surface area contributed by atoms with Gasteiger partial charge in [0.2, 0.25) is 0 Å². The van der Waals surface area contributed by atoms with E-state index in [0.717, 1.165) is 5.56 Å². The first kappa shape index (κ1) is 14.2. The summed E-state index contributed by atoms with van der Waals surface area (Å²) in [5, 5.41) is 0. The third-order valence-electron chi connectivity index (χ3n) is 3.03. The first-order valence-corrected chi connectivity index (χ1v) is 6.10. The molecule has 0 saturated heterocycles. The topological polar surface area (TPSA) is 29.3 Å². The zero-order valence-corrected chi connectivity index (χ0v) is 11.0. The smallest absolute Gasteiger partial charge is 0.265 e. The maximum absolute atomic E-state index is 13.0. The second kappa shape index (κ2) is 5.86.